The zero-order valence-corrected chi connectivity index (χ0v) is 14.8. The Hall–Kier alpha value is -1.92. The van der Waals surface area contributed by atoms with Crippen molar-refractivity contribution in [2.24, 2.45) is 5.73 Å². The second-order valence-corrected chi connectivity index (χ2v) is 7.16. The van der Waals surface area contributed by atoms with E-state index >= 15 is 0 Å². The van der Waals surface area contributed by atoms with Crippen molar-refractivity contribution in [1.82, 2.24) is 9.88 Å². The van der Waals surface area contributed by atoms with Crippen LogP contribution < -0.4 is 10.6 Å². The van der Waals surface area contributed by atoms with E-state index < -0.39 is 6.04 Å². The molecule has 1 aliphatic heterocycles. The Morgan fingerprint density at radius 3 is 2.58 bits per heavy atom. The van der Waals surface area contributed by atoms with Gasteiger partial charge in [-0.2, -0.15) is 0 Å². The Morgan fingerprint density at radius 1 is 1.25 bits per heavy atom. The lowest BCUT2D eigenvalue weighted by Gasteiger charge is -2.35. The molecule has 1 saturated heterocycles. The minimum absolute atomic E-state index is 0.0480. The van der Waals surface area contributed by atoms with Gasteiger partial charge in [0.1, 0.15) is 0 Å². The number of thiazole rings is 1. The summed E-state index contributed by atoms with van der Waals surface area (Å²) in [5.41, 5.74) is 7.24. The minimum Gasteiger partial charge on any atom is -0.345 e. The number of hydrogen-bond acceptors (Lipinski definition) is 5. The number of amides is 1. The molecule has 1 aromatic carbocycles. The number of rotatable bonds is 5. The van der Waals surface area contributed by atoms with Crippen LogP contribution in [0.1, 0.15) is 17.4 Å². The van der Waals surface area contributed by atoms with Gasteiger partial charge in [-0.3, -0.25) is 4.79 Å². The van der Waals surface area contributed by atoms with Crippen LogP contribution >= 0.6 is 11.3 Å². The van der Waals surface area contributed by atoms with E-state index in [9.17, 15) is 4.79 Å². The number of carbonyl (C=O) groups is 1. The molecule has 0 bridgehead atoms. The highest BCUT2D eigenvalue weighted by Crippen LogP contribution is 2.24. The summed E-state index contributed by atoms with van der Waals surface area (Å²) in [6.45, 7) is 5.20. The van der Waals surface area contributed by atoms with Gasteiger partial charge in [-0.05, 0) is 18.4 Å². The number of carbonyl (C=O) groups excluding carboxylic acids is 1. The van der Waals surface area contributed by atoms with Crippen LogP contribution in [0.2, 0.25) is 0 Å². The molecule has 0 radical (unpaired) electrons. The van der Waals surface area contributed by atoms with Crippen LogP contribution in [0.25, 0.3) is 0 Å². The van der Waals surface area contributed by atoms with Crippen molar-refractivity contribution < 1.29 is 4.79 Å². The maximum atomic E-state index is 12.6. The summed E-state index contributed by atoms with van der Waals surface area (Å²) in [7, 11) is 0. The molecule has 5 nitrogen and oxygen atoms in total. The van der Waals surface area contributed by atoms with E-state index in [4.69, 9.17) is 5.73 Å². The number of aromatic nitrogens is 1. The third-order valence-electron chi connectivity index (χ3n) is 4.37. The van der Waals surface area contributed by atoms with Crippen molar-refractivity contribution in [3.8, 4) is 0 Å². The fraction of sp³-hybridized carbons (Fsp3) is 0.444. The SMILES string of the molecule is CCc1cnc(N2CCN(C(=O)C(N)Cc3ccccc3)CC2)s1. The summed E-state index contributed by atoms with van der Waals surface area (Å²) in [4.78, 5) is 22.5. The fourth-order valence-corrected chi connectivity index (χ4v) is 3.82. The molecule has 1 fully saturated rings. The molecule has 0 saturated carbocycles. The first-order valence-electron chi connectivity index (χ1n) is 8.45. The Morgan fingerprint density at radius 2 is 1.96 bits per heavy atom. The molecule has 3 rings (SSSR count). The van der Waals surface area contributed by atoms with Crippen LogP contribution in [0.15, 0.2) is 36.5 Å². The molecular weight excluding hydrogens is 320 g/mol. The van der Waals surface area contributed by atoms with E-state index in [-0.39, 0.29) is 5.91 Å². The van der Waals surface area contributed by atoms with E-state index in [0.717, 1.165) is 30.2 Å². The van der Waals surface area contributed by atoms with Crippen LogP contribution in [0.3, 0.4) is 0 Å². The van der Waals surface area contributed by atoms with Crippen molar-refractivity contribution in [3.05, 3.63) is 47.0 Å². The molecule has 1 aromatic heterocycles. The molecule has 6 heteroatoms. The molecule has 2 heterocycles. The predicted octanol–water partition coefficient (Wildman–Crippen LogP) is 1.92. The van der Waals surface area contributed by atoms with E-state index in [1.54, 1.807) is 11.3 Å². The highest BCUT2D eigenvalue weighted by molar-refractivity contribution is 7.15. The summed E-state index contributed by atoms with van der Waals surface area (Å²) in [5.74, 6) is 0.0480. The molecule has 1 amide bonds. The summed E-state index contributed by atoms with van der Waals surface area (Å²) in [5, 5.41) is 1.06. The largest absolute Gasteiger partial charge is 0.345 e. The Bertz CT molecular complexity index is 665. The average Bonchev–Trinajstić information content (AvgIpc) is 3.11. The third-order valence-corrected chi connectivity index (χ3v) is 5.57. The van der Waals surface area contributed by atoms with Crippen LogP contribution in [-0.4, -0.2) is 48.0 Å². The van der Waals surface area contributed by atoms with Gasteiger partial charge in [-0.1, -0.05) is 37.3 Å². The second-order valence-electron chi connectivity index (χ2n) is 6.07. The van der Waals surface area contributed by atoms with Gasteiger partial charge < -0.3 is 15.5 Å². The quantitative estimate of drug-likeness (QED) is 0.900. The minimum atomic E-state index is -0.467. The zero-order valence-electron chi connectivity index (χ0n) is 14.0. The lowest BCUT2D eigenvalue weighted by atomic mass is 10.1. The van der Waals surface area contributed by atoms with Gasteiger partial charge in [0.05, 0.1) is 6.04 Å². The first-order chi connectivity index (χ1) is 11.7. The topological polar surface area (TPSA) is 62.5 Å². The first kappa shape index (κ1) is 16.9. The summed E-state index contributed by atoms with van der Waals surface area (Å²) in [6, 6.07) is 9.48. The lowest BCUT2D eigenvalue weighted by molar-refractivity contribution is -0.132. The second kappa shape index (κ2) is 7.77. The van der Waals surface area contributed by atoms with E-state index in [1.807, 2.05) is 41.4 Å². The number of nitrogens with zero attached hydrogens (tertiary/aromatic N) is 3. The molecular formula is C18H24N4OS. The average molecular weight is 344 g/mol. The molecule has 2 N–H and O–H groups in total. The Labute approximate surface area is 147 Å². The molecule has 1 aliphatic rings. The molecule has 1 unspecified atom stereocenters. The fourth-order valence-electron chi connectivity index (χ4n) is 2.91. The van der Waals surface area contributed by atoms with Crippen LogP contribution in [0.5, 0.6) is 0 Å². The molecule has 128 valence electrons. The molecule has 0 spiro atoms. The van der Waals surface area contributed by atoms with Crippen molar-refractivity contribution >= 4 is 22.4 Å². The number of hydrogen-bond donors (Lipinski definition) is 1. The van der Waals surface area contributed by atoms with Gasteiger partial charge in [0.25, 0.3) is 0 Å². The van der Waals surface area contributed by atoms with Crippen molar-refractivity contribution in [2.75, 3.05) is 31.1 Å². The van der Waals surface area contributed by atoms with Crippen LogP contribution in [-0.2, 0) is 17.6 Å². The third kappa shape index (κ3) is 3.94. The Kier molecular flexibility index (Phi) is 5.48. The van der Waals surface area contributed by atoms with Crippen molar-refractivity contribution in [1.29, 1.82) is 0 Å². The number of aryl methyl sites for hydroxylation is 1. The number of piperazine rings is 1. The lowest BCUT2D eigenvalue weighted by Crippen LogP contribution is -2.53. The summed E-state index contributed by atoms with van der Waals surface area (Å²) >= 11 is 1.74. The maximum absolute atomic E-state index is 12.6. The van der Waals surface area contributed by atoms with Gasteiger partial charge in [0.15, 0.2) is 5.13 Å². The number of nitrogens with two attached hydrogens (primary N) is 1. The maximum Gasteiger partial charge on any atom is 0.239 e. The molecule has 24 heavy (non-hydrogen) atoms. The van der Waals surface area contributed by atoms with Crippen molar-refractivity contribution in [3.63, 3.8) is 0 Å². The normalized spacial score (nSPS) is 16.2. The van der Waals surface area contributed by atoms with Crippen LogP contribution in [0.4, 0.5) is 5.13 Å². The standard InChI is InChI=1S/C18H24N4OS/c1-2-15-13-20-18(24-15)22-10-8-21(9-11-22)17(23)16(19)12-14-6-4-3-5-7-14/h3-7,13,16H,2,8-12,19H2,1H3. The monoisotopic (exact) mass is 344 g/mol. The summed E-state index contributed by atoms with van der Waals surface area (Å²) in [6.07, 6.45) is 3.56. The highest BCUT2D eigenvalue weighted by Gasteiger charge is 2.26. The zero-order chi connectivity index (χ0) is 16.9. The first-order valence-corrected chi connectivity index (χ1v) is 9.27. The molecule has 2 aromatic rings. The van der Waals surface area contributed by atoms with Gasteiger partial charge >= 0.3 is 0 Å². The molecule has 0 aliphatic carbocycles. The highest BCUT2D eigenvalue weighted by atomic mass is 32.1. The van der Waals surface area contributed by atoms with E-state index in [0.29, 0.717) is 19.5 Å². The smallest absolute Gasteiger partial charge is 0.239 e. The number of anilines is 1. The van der Waals surface area contributed by atoms with Crippen LogP contribution in [0, 0.1) is 0 Å². The van der Waals surface area contributed by atoms with Gasteiger partial charge in [0, 0.05) is 37.3 Å². The molecule has 1 atom stereocenters. The predicted molar refractivity (Wildman–Crippen MR) is 98.4 cm³/mol. The van der Waals surface area contributed by atoms with Gasteiger partial charge in [-0.25, -0.2) is 4.98 Å². The van der Waals surface area contributed by atoms with Crippen molar-refractivity contribution in [2.45, 2.75) is 25.8 Å². The van der Waals surface area contributed by atoms with Gasteiger partial charge in [0.2, 0.25) is 5.91 Å². The number of benzene rings is 1. The summed E-state index contributed by atoms with van der Waals surface area (Å²) < 4.78 is 0. The van der Waals surface area contributed by atoms with Gasteiger partial charge in [-0.15, -0.1) is 11.3 Å². The van der Waals surface area contributed by atoms with E-state index in [2.05, 4.69) is 16.8 Å². The van der Waals surface area contributed by atoms with E-state index in [1.165, 1.54) is 4.88 Å². The Balaban J connectivity index is 1.53.